The molecule has 0 unspecified atom stereocenters. The first-order valence-corrected chi connectivity index (χ1v) is 11.0. The van der Waals surface area contributed by atoms with Crippen LogP contribution in [0.15, 0.2) is 60.9 Å². The average molecular weight is 412 g/mol. The summed E-state index contributed by atoms with van der Waals surface area (Å²) in [5.41, 5.74) is 3.30. The molecule has 1 N–H and O–H groups in total. The van der Waals surface area contributed by atoms with Gasteiger partial charge in [0.25, 0.3) is 0 Å². The van der Waals surface area contributed by atoms with Crippen LogP contribution in [0.2, 0.25) is 0 Å². The van der Waals surface area contributed by atoms with Crippen molar-refractivity contribution in [3.05, 3.63) is 77.9 Å². The van der Waals surface area contributed by atoms with Crippen LogP contribution in [0.5, 0.6) is 0 Å². The maximum atomic E-state index is 10.7. The summed E-state index contributed by atoms with van der Waals surface area (Å²) in [6.07, 6.45) is 3.92. The van der Waals surface area contributed by atoms with Crippen LogP contribution in [0.4, 0.5) is 0 Å². The van der Waals surface area contributed by atoms with Gasteiger partial charge in [-0.2, -0.15) is 0 Å². The highest BCUT2D eigenvalue weighted by atomic mass is 32.2. The molecular formula is C21H25N5O2S. The number of benzene rings is 2. The minimum atomic E-state index is -2.56. The topological polar surface area (TPSA) is 80.1 Å². The smallest absolute Gasteiger partial charge is 0.201 e. The van der Waals surface area contributed by atoms with E-state index in [2.05, 4.69) is 31.8 Å². The third-order valence-corrected chi connectivity index (χ3v) is 5.76. The van der Waals surface area contributed by atoms with Gasteiger partial charge in [-0.1, -0.05) is 42.5 Å². The molecule has 0 radical (unpaired) electrons. The van der Waals surface area contributed by atoms with E-state index in [1.165, 1.54) is 5.56 Å². The molecule has 29 heavy (non-hydrogen) atoms. The summed E-state index contributed by atoms with van der Waals surface area (Å²) >= 11 is 0. The number of hydrogen-bond acceptors (Lipinski definition) is 5. The van der Waals surface area contributed by atoms with Gasteiger partial charge in [-0.25, -0.2) is 22.8 Å². The second kappa shape index (κ2) is 9.30. The van der Waals surface area contributed by atoms with Gasteiger partial charge >= 0.3 is 0 Å². The molecule has 1 aliphatic heterocycles. The van der Waals surface area contributed by atoms with Gasteiger partial charge in [0, 0.05) is 6.54 Å². The summed E-state index contributed by atoms with van der Waals surface area (Å²) in [7, 11) is -2.56. The monoisotopic (exact) mass is 411 g/mol. The van der Waals surface area contributed by atoms with Crippen molar-refractivity contribution >= 4 is 10.9 Å². The third kappa shape index (κ3) is 5.29. The number of piperidine rings is 1. The van der Waals surface area contributed by atoms with Crippen LogP contribution >= 0.6 is 0 Å². The van der Waals surface area contributed by atoms with Crippen molar-refractivity contribution in [2.75, 3.05) is 13.1 Å². The highest BCUT2D eigenvalue weighted by molar-refractivity contribution is 7.70. The van der Waals surface area contributed by atoms with Gasteiger partial charge in [0.15, 0.2) is 5.82 Å². The van der Waals surface area contributed by atoms with Gasteiger partial charge in [0.05, 0.1) is 12.2 Å². The van der Waals surface area contributed by atoms with E-state index in [0.717, 1.165) is 49.6 Å². The molecule has 0 saturated carbocycles. The largest absolute Gasteiger partial charge is 0.296 e. The molecule has 0 bridgehead atoms. The molecule has 1 fully saturated rings. The number of rotatable bonds is 7. The molecule has 4 rings (SSSR count). The first kappa shape index (κ1) is 19.8. The zero-order valence-corrected chi connectivity index (χ0v) is 17.0. The van der Waals surface area contributed by atoms with Crippen molar-refractivity contribution in [3.8, 4) is 5.69 Å². The SMILES string of the molecule is O=[SH](=O)NCc1cccc(C2CCN(Cc3ncn(-c4ccccc4)n3)CC2)c1. The van der Waals surface area contributed by atoms with Crippen LogP contribution in [0, 0.1) is 0 Å². The van der Waals surface area contributed by atoms with Gasteiger partial charge < -0.3 is 0 Å². The highest BCUT2D eigenvalue weighted by Crippen LogP contribution is 2.29. The maximum absolute atomic E-state index is 10.7. The summed E-state index contributed by atoms with van der Waals surface area (Å²) in [5, 5.41) is 4.61. The van der Waals surface area contributed by atoms with E-state index in [9.17, 15) is 8.42 Å². The number of para-hydroxylation sites is 1. The number of aromatic nitrogens is 3. The first-order valence-electron chi connectivity index (χ1n) is 9.82. The third-order valence-electron chi connectivity index (χ3n) is 5.35. The summed E-state index contributed by atoms with van der Waals surface area (Å²) in [4.78, 5) is 6.86. The lowest BCUT2D eigenvalue weighted by Crippen LogP contribution is -2.32. The Hall–Kier alpha value is -2.55. The van der Waals surface area contributed by atoms with Crippen LogP contribution < -0.4 is 4.72 Å². The van der Waals surface area contributed by atoms with Crippen LogP contribution in [0.1, 0.15) is 35.7 Å². The molecular weight excluding hydrogens is 386 g/mol. The number of nitrogens with zero attached hydrogens (tertiary/aromatic N) is 4. The summed E-state index contributed by atoms with van der Waals surface area (Å²) in [6.45, 7) is 3.10. The molecule has 1 aromatic heterocycles. The molecule has 1 saturated heterocycles. The molecule has 0 amide bonds. The molecule has 0 spiro atoms. The van der Waals surface area contributed by atoms with Crippen molar-refractivity contribution in [1.82, 2.24) is 24.4 Å². The van der Waals surface area contributed by atoms with Gasteiger partial charge in [-0.3, -0.25) is 4.90 Å². The van der Waals surface area contributed by atoms with Crippen LogP contribution in [0.3, 0.4) is 0 Å². The summed E-state index contributed by atoms with van der Waals surface area (Å²) in [5.74, 6) is 1.34. The second-order valence-electron chi connectivity index (χ2n) is 7.33. The van der Waals surface area contributed by atoms with Crippen molar-refractivity contribution < 1.29 is 8.42 Å². The summed E-state index contributed by atoms with van der Waals surface area (Å²) < 4.78 is 25.8. The predicted octanol–water partition coefficient (Wildman–Crippen LogP) is 2.26. The van der Waals surface area contributed by atoms with Gasteiger partial charge in [0.1, 0.15) is 6.33 Å². The maximum Gasteiger partial charge on any atom is 0.201 e. The number of thiol groups is 1. The fourth-order valence-electron chi connectivity index (χ4n) is 3.81. The lowest BCUT2D eigenvalue weighted by Gasteiger charge is -2.31. The Bertz CT molecular complexity index is 1000. The molecule has 8 heteroatoms. The quantitative estimate of drug-likeness (QED) is 0.583. The molecule has 2 aromatic carbocycles. The molecule has 3 aromatic rings. The fourth-order valence-corrected chi connectivity index (χ4v) is 4.12. The molecule has 0 atom stereocenters. The zero-order chi connectivity index (χ0) is 20.1. The van der Waals surface area contributed by atoms with E-state index < -0.39 is 10.9 Å². The lowest BCUT2D eigenvalue weighted by molar-refractivity contribution is 0.200. The Labute approximate surface area is 172 Å². The number of likely N-dealkylation sites (tertiary alicyclic amines) is 1. The molecule has 7 nitrogen and oxygen atoms in total. The van der Waals surface area contributed by atoms with Crippen LogP contribution in [0.25, 0.3) is 5.69 Å². The van der Waals surface area contributed by atoms with Crippen molar-refractivity contribution in [2.24, 2.45) is 0 Å². The van der Waals surface area contributed by atoms with Gasteiger partial charge in [-0.15, -0.1) is 5.10 Å². The lowest BCUT2D eigenvalue weighted by atomic mass is 9.88. The van der Waals surface area contributed by atoms with Crippen molar-refractivity contribution in [1.29, 1.82) is 0 Å². The Balaban J connectivity index is 1.32. The second-order valence-corrected chi connectivity index (χ2v) is 8.16. The number of hydrogen-bond donors (Lipinski definition) is 2. The minimum absolute atomic E-state index is 0.348. The summed E-state index contributed by atoms with van der Waals surface area (Å²) in [6, 6.07) is 18.2. The number of nitrogens with one attached hydrogen (secondary N) is 1. The Morgan fingerprint density at radius 2 is 1.83 bits per heavy atom. The van der Waals surface area contributed by atoms with E-state index in [1.54, 1.807) is 6.33 Å². The Morgan fingerprint density at radius 3 is 2.59 bits per heavy atom. The predicted molar refractivity (Wildman–Crippen MR) is 112 cm³/mol. The van der Waals surface area contributed by atoms with Crippen molar-refractivity contribution in [2.45, 2.75) is 31.8 Å². The van der Waals surface area contributed by atoms with E-state index in [-0.39, 0.29) is 0 Å². The molecule has 2 heterocycles. The van der Waals surface area contributed by atoms with E-state index in [1.807, 2.05) is 47.1 Å². The van der Waals surface area contributed by atoms with E-state index in [0.29, 0.717) is 12.5 Å². The Morgan fingerprint density at radius 1 is 1.03 bits per heavy atom. The van der Waals surface area contributed by atoms with E-state index in [4.69, 9.17) is 0 Å². The fraction of sp³-hybridized carbons (Fsp3) is 0.333. The average Bonchev–Trinajstić information content (AvgIpc) is 3.22. The molecule has 152 valence electrons. The Kier molecular flexibility index (Phi) is 6.33. The standard InChI is InChI=1S/C21H25N5O2S/c27-29(28)23-14-17-5-4-6-19(13-17)18-9-11-25(12-10-18)15-21-22-16-26(24-21)20-7-2-1-3-8-20/h1-8,13,16,18,29H,9-12,14-15H2,(H,23,27,28). The van der Waals surface area contributed by atoms with Crippen molar-refractivity contribution in [3.63, 3.8) is 0 Å². The normalized spacial score (nSPS) is 15.8. The molecule has 0 aliphatic carbocycles. The minimum Gasteiger partial charge on any atom is -0.296 e. The van der Waals surface area contributed by atoms with Crippen LogP contribution in [-0.4, -0.2) is 41.2 Å². The van der Waals surface area contributed by atoms with Gasteiger partial charge in [-0.05, 0) is 55.1 Å². The zero-order valence-electron chi connectivity index (χ0n) is 16.1. The first-order chi connectivity index (χ1) is 14.2. The van der Waals surface area contributed by atoms with E-state index >= 15 is 0 Å². The van der Waals surface area contributed by atoms with Crippen LogP contribution in [-0.2, 0) is 24.0 Å². The van der Waals surface area contributed by atoms with Gasteiger partial charge in [0.2, 0.25) is 10.9 Å². The molecule has 1 aliphatic rings. The highest BCUT2D eigenvalue weighted by Gasteiger charge is 2.21.